The lowest BCUT2D eigenvalue weighted by Gasteiger charge is -2.49. The molecule has 0 radical (unpaired) electrons. The molecule has 3 aliphatic carbocycles. The van der Waals surface area contributed by atoms with Crippen LogP contribution in [0.25, 0.3) is 0 Å². The first-order valence-electron chi connectivity index (χ1n) is 14.1. The van der Waals surface area contributed by atoms with Gasteiger partial charge in [0.15, 0.2) is 0 Å². The Morgan fingerprint density at radius 1 is 1.16 bits per heavy atom. The van der Waals surface area contributed by atoms with Crippen LogP contribution in [-0.4, -0.2) is 23.5 Å². The average Bonchev–Trinajstić information content (AvgIpc) is 2.67. The van der Waals surface area contributed by atoms with Gasteiger partial charge in [0.05, 0.1) is 0 Å². The van der Waals surface area contributed by atoms with Gasteiger partial charge in [-0.05, 0) is 114 Å². The third-order valence-electron chi connectivity index (χ3n) is 9.13. The minimum Gasteiger partial charge on any atom is -0.297 e. The van der Waals surface area contributed by atoms with Crippen LogP contribution in [0.15, 0.2) is 23.8 Å². The number of nitrogens with zero attached hydrogens (tertiary/aromatic N) is 1. The molecule has 0 N–H and O–H groups in total. The summed E-state index contributed by atoms with van der Waals surface area (Å²) in [5.41, 5.74) is 2.36. The Morgan fingerprint density at radius 2 is 1.94 bits per heavy atom. The first-order valence-corrected chi connectivity index (χ1v) is 14.1. The van der Waals surface area contributed by atoms with E-state index in [1.54, 1.807) is 5.57 Å². The summed E-state index contributed by atoms with van der Waals surface area (Å²) in [5, 5.41) is 0. The van der Waals surface area contributed by atoms with E-state index < -0.39 is 0 Å². The maximum Gasteiger partial charge on any atom is 0.00982 e. The molecule has 1 nitrogen and oxygen atoms in total. The third-order valence-corrected chi connectivity index (χ3v) is 9.13. The van der Waals surface area contributed by atoms with Crippen LogP contribution in [-0.2, 0) is 0 Å². The van der Waals surface area contributed by atoms with Crippen molar-refractivity contribution in [1.82, 2.24) is 4.90 Å². The Kier molecular flexibility index (Phi) is 9.75. The van der Waals surface area contributed by atoms with Gasteiger partial charge in [0, 0.05) is 12.1 Å². The first kappa shape index (κ1) is 25.1. The highest BCUT2D eigenvalue weighted by molar-refractivity contribution is 5.25. The van der Waals surface area contributed by atoms with Crippen LogP contribution >= 0.6 is 0 Å². The Morgan fingerprint density at radius 3 is 2.48 bits per heavy atom. The summed E-state index contributed by atoms with van der Waals surface area (Å²) < 4.78 is 0. The molecule has 2 fully saturated rings. The third kappa shape index (κ3) is 6.72. The molecule has 2 saturated carbocycles. The number of hydrogen-bond acceptors (Lipinski definition) is 1. The monoisotopic (exact) mass is 427 g/mol. The van der Waals surface area contributed by atoms with Crippen LogP contribution in [0.2, 0.25) is 0 Å². The van der Waals surface area contributed by atoms with Crippen LogP contribution in [0.3, 0.4) is 0 Å². The molecule has 0 aromatic heterocycles. The van der Waals surface area contributed by atoms with Crippen molar-refractivity contribution >= 4 is 0 Å². The predicted molar refractivity (Wildman–Crippen MR) is 137 cm³/mol. The first-order chi connectivity index (χ1) is 15.0. The molecule has 3 rings (SSSR count). The molecule has 0 bridgehead atoms. The molecule has 0 aromatic carbocycles. The molecular formula is C30H53N. The van der Waals surface area contributed by atoms with Crippen molar-refractivity contribution in [3.8, 4) is 0 Å². The quantitative estimate of drug-likeness (QED) is 0.236. The molecule has 0 aromatic rings. The number of hydrogen-bond donors (Lipinski definition) is 0. The molecule has 1 heteroatoms. The van der Waals surface area contributed by atoms with E-state index >= 15 is 0 Å². The standard InChI is InChI=1S/C30H53N/c1-6-9-14-27-17-18-30(27,5)23-26-20-25(21-26)22-28(8-3)31(29-15-10-16-29)19-11-13-24(4)12-7-2/h7,12,17,24-26,28-29H,6,8-11,13-16,18-23H2,1-5H3. The van der Waals surface area contributed by atoms with E-state index in [0.717, 1.165) is 29.8 Å². The summed E-state index contributed by atoms with van der Waals surface area (Å²) in [4.78, 5) is 2.97. The second-order valence-electron chi connectivity index (χ2n) is 11.8. The summed E-state index contributed by atoms with van der Waals surface area (Å²) in [6.45, 7) is 13.2. The number of rotatable bonds is 15. The molecule has 3 unspecified atom stereocenters. The summed E-state index contributed by atoms with van der Waals surface area (Å²) in [5.74, 6) is 2.76. The Hall–Kier alpha value is -0.560. The minimum atomic E-state index is 0.566. The molecule has 0 spiro atoms. The zero-order chi connectivity index (χ0) is 22.3. The van der Waals surface area contributed by atoms with Gasteiger partial charge < -0.3 is 0 Å². The van der Waals surface area contributed by atoms with Gasteiger partial charge in [-0.1, -0.05) is 64.3 Å². The predicted octanol–water partition coefficient (Wildman–Crippen LogP) is 8.94. The highest BCUT2D eigenvalue weighted by atomic mass is 15.2. The fraction of sp³-hybridized carbons (Fsp3) is 0.867. The van der Waals surface area contributed by atoms with E-state index in [0.29, 0.717) is 5.41 Å². The lowest BCUT2D eigenvalue weighted by molar-refractivity contribution is 0.0361. The molecule has 3 aliphatic rings. The average molecular weight is 428 g/mol. The number of allylic oxidation sites excluding steroid dienone is 4. The van der Waals surface area contributed by atoms with Gasteiger partial charge in [-0.3, -0.25) is 4.90 Å². The lowest BCUT2D eigenvalue weighted by atomic mass is 9.59. The van der Waals surface area contributed by atoms with E-state index in [1.165, 1.54) is 96.4 Å². The van der Waals surface area contributed by atoms with Gasteiger partial charge in [0.1, 0.15) is 0 Å². The topological polar surface area (TPSA) is 3.24 Å². The summed E-state index contributed by atoms with van der Waals surface area (Å²) in [7, 11) is 0. The van der Waals surface area contributed by atoms with E-state index in [2.05, 4.69) is 57.7 Å². The van der Waals surface area contributed by atoms with Gasteiger partial charge in [-0.15, -0.1) is 0 Å². The molecule has 0 amide bonds. The maximum absolute atomic E-state index is 2.97. The SMILES string of the molecule is CC=CC(C)CCCN(C1CCC1)C(CC)CC1CC(CC2(C)CC=C2CCCC)C1. The van der Waals surface area contributed by atoms with E-state index in [9.17, 15) is 0 Å². The largest absolute Gasteiger partial charge is 0.297 e. The van der Waals surface area contributed by atoms with Crippen LogP contribution in [0.5, 0.6) is 0 Å². The van der Waals surface area contributed by atoms with Gasteiger partial charge in [-0.2, -0.15) is 0 Å². The van der Waals surface area contributed by atoms with Crippen LogP contribution in [0.4, 0.5) is 0 Å². The van der Waals surface area contributed by atoms with E-state index in [-0.39, 0.29) is 0 Å². The smallest absolute Gasteiger partial charge is 0.00982 e. The van der Waals surface area contributed by atoms with Crippen molar-refractivity contribution in [1.29, 1.82) is 0 Å². The number of unbranched alkanes of at least 4 members (excludes halogenated alkanes) is 1. The van der Waals surface area contributed by atoms with Crippen molar-refractivity contribution in [2.75, 3.05) is 6.54 Å². The maximum atomic E-state index is 2.97. The molecular weight excluding hydrogens is 374 g/mol. The van der Waals surface area contributed by atoms with Gasteiger partial charge in [-0.25, -0.2) is 0 Å². The molecule has 0 heterocycles. The van der Waals surface area contributed by atoms with Crippen molar-refractivity contribution < 1.29 is 0 Å². The van der Waals surface area contributed by atoms with Crippen molar-refractivity contribution in [2.24, 2.45) is 23.2 Å². The van der Waals surface area contributed by atoms with E-state index in [4.69, 9.17) is 0 Å². The summed E-state index contributed by atoms with van der Waals surface area (Å²) >= 11 is 0. The summed E-state index contributed by atoms with van der Waals surface area (Å²) in [6.07, 6.45) is 27.0. The normalized spacial score (nSPS) is 30.6. The zero-order valence-corrected chi connectivity index (χ0v) is 21.7. The van der Waals surface area contributed by atoms with Crippen molar-refractivity contribution in [3.05, 3.63) is 23.8 Å². The van der Waals surface area contributed by atoms with Crippen molar-refractivity contribution in [2.45, 2.75) is 137 Å². The Balaban J connectivity index is 1.43. The highest BCUT2D eigenvalue weighted by Gasteiger charge is 2.41. The highest BCUT2D eigenvalue weighted by Crippen LogP contribution is 2.53. The fourth-order valence-electron chi connectivity index (χ4n) is 6.77. The van der Waals surface area contributed by atoms with Crippen LogP contribution in [0.1, 0.15) is 125 Å². The van der Waals surface area contributed by atoms with E-state index in [1.807, 2.05) is 0 Å². The second kappa shape index (κ2) is 12.1. The van der Waals surface area contributed by atoms with Gasteiger partial charge in [0.2, 0.25) is 0 Å². The molecule has 31 heavy (non-hydrogen) atoms. The minimum absolute atomic E-state index is 0.566. The zero-order valence-electron chi connectivity index (χ0n) is 21.7. The molecule has 0 saturated heterocycles. The Labute approximate surface area is 195 Å². The fourth-order valence-corrected chi connectivity index (χ4v) is 6.77. The van der Waals surface area contributed by atoms with Gasteiger partial charge >= 0.3 is 0 Å². The van der Waals surface area contributed by atoms with Crippen LogP contribution in [0, 0.1) is 23.2 Å². The summed E-state index contributed by atoms with van der Waals surface area (Å²) in [6, 6.07) is 1.74. The van der Waals surface area contributed by atoms with Crippen molar-refractivity contribution in [3.63, 3.8) is 0 Å². The van der Waals surface area contributed by atoms with Gasteiger partial charge in [0.25, 0.3) is 0 Å². The molecule has 0 aliphatic heterocycles. The second-order valence-corrected chi connectivity index (χ2v) is 11.8. The molecule has 178 valence electrons. The lowest BCUT2D eigenvalue weighted by Crippen LogP contribution is -2.48. The molecule has 3 atom stereocenters. The Bertz CT molecular complexity index is 579. The van der Waals surface area contributed by atoms with Crippen LogP contribution < -0.4 is 0 Å².